The average Bonchev–Trinajstić information content (AvgIpc) is 2.40. The van der Waals surface area contributed by atoms with Crippen LogP contribution >= 0.6 is 15.9 Å². The summed E-state index contributed by atoms with van der Waals surface area (Å²) in [6.07, 6.45) is -3.27. The van der Waals surface area contributed by atoms with Crippen molar-refractivity contribution < 1.29 is 18.3 Å². The molecule has 21 heavy (non-hydrogen) atoms. The number of hydrogen-bond donors (Lipinski definition) is 3. The zero-order valence-electron chi connectivity index (χ0n) is 10.6. The topological polar surface area (TPSA) is 71.2 Å². The van der Waals surface area contributed by atoms with Crippen LogP contribution in [0.2, 0.25) is 0 Å². The number of anilines is 2. The molecule has 1 heterocycles. The number of hydrogen-bond acceptors (Lipinski definition) is 4. The zero-order chi connectivity index (χ0) is 15.6. The molecule has 0 saturated heterocycles. The Kier molecular flexibility index (Phi) is 4.26. The highest BCUT2D eigenvalue weighted by molar-refractivity contribution is 9.10. The van der Waals surface area contributed by atoms with Crippen LogP contribution in [-0.2, 0) is 12.7 Å². The highest BCUT2D eigenvalue weighted by Crippen LogP contribution is 2.35. The lowest BCUT2D eigenvalue weighted by molar-refractivity contribution is -0.137. The van der Waals surface area contributed by atoms with E-state index in [1.165, 1.54) is 24.4 Å². The lowest BCUT2D eigenvalue weighted by atomic mass is 10.1. The predicted octanol–water partition coefficient (Wildman–Crippen LogP) is 3.76. The van der Waals surface area contributed by atoms with Gasteiger partial charge in [0.15, 0.2) is 0 Å². The summed E-state index contributed by atoms with van der Waals surface area (Å²) in [5.74, 6) is -0.366. The van der Waals surface area contributed by atoms with Gasteiger partial charge in [-0.2, -0.15) is 13.2 Å². The van der Waals surface area contributed by atoms with Crippen molar-refractivity contribution >= 4 is 27.4 Å². The van der Waals surface area contributed by atoms with Crippen molar-refractivity contribution in [3.8, 4) is 5.75 Å². The first-order valence-corrected chi connectivity index (χ1v) is 6.60. The number of pyridine rings is 1. The molecule has 1 aromatic carbocycles. The first kappa shape index (κ1) is 15.4. The molecule has 0 fully saturated rings. The fraction of sp³-hybridized carbons (Fsp3) is 0.154. The number of nitrogens with one attached hydrogen (secondary N) is 1. The Morgan fingerprint density at radius 1 is 1.29 bits per heavy atom. The quantitative estimate of drug-likeness (QED) is 0.574. The SMILES string of the molecule is Nc1ccc(O)c(CNc2ncc(Br)cc2C(F)(F)F)c1. The molecule has 2 aromatic rings. The van der Waals surface area contributed by atoms with E-state index in [2.05, 4.69) is 26.2 Å². The van der Waals surface area contributed by atoms with Gasteiger partial charge in [0, 0.05) is 28.5 Å². The second-order valence-electron chi connectivity index (χ2n) is 4.29. The largest absolute Gasteiger partial charge is 0.508 e. The summed E-state index contributed by atoms with van der Waals surface area (Å²) in [6.45, 7) is -0.0331. The Hall–Kier alpha value is -1.96. The van der Waals surface area contributed by atoms with E-state index < -0.39 is 11.7 Å². The van der Waals surface area contributed by atoms with E-state index in [1.807, 2.05) is 0 Å². The van der Waals surface area contributed by atoms with Crippen molar-refractivity contribution in [2.45, 2.75) is 12.7 Å². The van der Waals surface area contributed by atoms with Gasteiger partial charge in [-0.1, -0.05) is 0 Å². The number of rotatable bonds is 3. The van der Waals surface area contributed by atoms with Crippen molar-refractivity contribution in [3.05, 3.63) is 46.1 Å². The van der Waals surface area contributed by atoms with Crippen molar-refractivity contribution in [2.75, 3.05) is 11.1 Å². The van der Waals surface area contributed by atoms with E-state index in [0.29, 0.717) is 11.3 Å². The summed E-state index contributed by atoms with van der Waals surface area (Å²) in [5, 5.41) is 12.2. The number of aromatic nitrogens is 1. The van der Waals surface area contributed by atoms with Gasteiger partial charge in [-0.15, -0.1) is 0 Å². The van der Waals surface area contributed by atoms with E-state index in [-0.39, 0.29) is 22.6 Å². The number of alkyl halides is 3. The first-order chi connectivity index (χ1) is 9.77. The molecule has 0 radical (unpaired) electrons. The summed E-state index contributed by atoms with van der Waals surface area (Å²) in [5.41, 5.74) is 5.48. The molecule has 8 heteroatoms. The van der Waals surface area contributed by atoms with Crippen LogP contribution in [0.4, 0.5) is 24.7 Å². The van der Waals surface area contributed by atoms with Crippen LogP contribution in [0.3, 0.4) is 0 Å². The molecule has 0 unspecified atom stereocenters. The molecule has 4 nitrogen and oxygen atoms in total. The summed E-state index contributed by atoms with van der Waals surface area (Å²) >= 11 is 2.96. The third-order valence-electron chi connectivity index (χ3n) is 2.71. The van der Waals surface area contributed by atoms with Crippen molar-refractivity contribution in [2.24, 2.45) is 0 Å². The standard InChI is InChI=1S/C13H11BrF3N3O/c14-8-4-10(13(15,16)17)12(20-6-8)19-5-7-3-9(18)1-2-11(7)21/h1-4,6,21H,5,18H2,(H,19,20). The minimum absolute atomic E-state index is 0.0331. The van der Waals surface area contributed by atoms with Crippen molar-refractivity contribution in [1.82, 2.24) is 4.98 Å². The molecular weight excluding hydrogens is 351 g/mol. The van der Waals surface area contributed by atoms with Crippen LogP contribution in [0, 0.1) is 0 Å². The van der Waals surface area contributed by atoms with Crippen LogP contribution in [0.5, 0.6) is 5.75 Å². The molecule has 4 N–H and O–H groups in total. The Morgan fingerprint density at radius 2 is 2.00 bits per heavy atom. The molecule has 0 aliphatic rings. The monoisotopic (exact) mass is 361 g/mol. The molecule has 2 rings (SSSR count). The lowest BCUT2D eigenvalue weighted by Crippen LogP contribution is -2.12. The average molecular weight is 362 g/mol. The maximum atomic E-state index is 12.9. The second-order valence-corrected chi connectivity index (χ2v) is 5.20. The second kappa shape index (κ2) is 5.80. The first-order valence-electron chi connectivity index (χ1n) is 5.81. The Labute approximate surface area is 126 Å². The van der Waals surface area contributed by atoms with Gasteiger partial charge >= 0.3 is 6.18 Å². The number of benzene rings is 1. The molecule has 0 spiro atoms. The number of halogens is 4. The predicted molar refractivity (Wildman–Crippen MR) is 76.8 cm³/mol. The van der Waals surface area contributed by atoms with Crippen LogP contribution in [0.25, 0.3) is 0 Å². The fourth-order valence-corrected chi connectivity index (χ4v) is 2.05. The normalized spacial score (nSPS) is 11.4. The lowest BCUT2D eigenvalue weighted by Gasteiger charge is -2.14. The van der Waals surface area contributed by atoms with Gasteiger partial charge in [0.25, 0.3) is 0 Å². The van der Waals surface area contributed by atoms with Gasteiger partial charge < -0.3 is 16.2 Å². The number of nitrogens with zero attached hydrogens (tertiary/aromatic N) is 1. The smallest absolute Gasteiger partial charge is 0.419 e. The van der Waals surface area contributed by atoms with Crippen molar-refractivity contribution in [3.63, 3.8) is 0 Å². The third kappa shape index (κ3) is 3.78. The Bertz CT molecular complexity index is 662. The summed E-state index contributed by atoms with van der Waals surface area (Å²) in [6, 6.07) is 5.30. The molecule has 0 aliphatic heterocycles. The Balaban J connectivity index is 2.26. The molecule has 0 atom stereocenters. The van der Waals surface area contributed by atoms with Gasteiger partial charge in [-0.3, -0.25) is 0 Å². The van der Waals surface area contributed by atoms with E-state index in [0.717, 1.165) is 6.07 Å². The molecule has 0 amide bonds. The van der Waals surface area contributed by atoms with Gasteiger partial charge in [0.05, 0.1) is 5.56 Å². The molecule has 1 aromatic heterocycles. The molecular formula is C13H11BrF3N3O. The fourth-order valence-electron chi connectivity index (χ4n) is 1.72. The van der Waals surface area contributed by atoms with E-state index in [1.54, 1.807) is 0 Å². The van der Waals surface area contributed by atoms with Gasteiger partial charge in [0.2, 0.25) is 0 Å². The molecule has 0 saturated carbocycles. The van der Waals surface area contributed by atoms with Crippen molar-refractivity contribution in [1.29, 1.82) is 0 Å². The minimum atomic E-state index is -4.53. The number of phenolic OH excluding ortho intramolecular Hbond substituents is 1. The van der Waals surface area contributed by atoms with Crippen LogP contribution < -0.4 is 11.1 Å². The zero-order valence-corrected chi connectivity index (χ0v) is 12.2. The maximum absolute atomic E-state index is 12.9. The number of nitrogens with two attached hydrogens (primary N) is 1. The molecule has 112 valence electrons. The van der Waals surface area contributed by atoms with Crippen LogP contribution in [0.1, 0.15) is 11.1 Å². The van der Waals surface area contributed by atoms with E-state index >= 15 is 0 Å². The van der Waals surface area contributed by atoms with E-state index in [9.17, 15) is 18.3 Å². The van der Waals surface area contributed by atoms with Gasteiger partial charge in [0.1, 0.15) is 11.6 Å². The summed E-state index contributed by atoms with van der Waals surface area (Å²) < 4.78 is 39.0. The Morgan fingerprint density at radius 3 is 2.67 bits per heavy atom. The minimum Gasteiger partial charge on any atom is -0.508 e. The van der Waals surface area contributed by atoms with Gasteiger partial charge in [-0.25, -0.2) is 4.98 Å². The number of aromatic hydroxyl groups is 1. The maximum Gasteiger partial charge on any atom is 0.419 e. The highest BCUT2D eigenvalue weighted by atomic mass is 79.9. The molecule has 0 aliphatic carbocycles. The van der Waals surface area contributed by atoms with Gasteiger partial charge in [-0.05, 0) is 40.2 Å². The highest BCUT2D eigenvalue weighted by Gasteiger charge is 2.34. The van der Waals surface area contributed by atoms with Crippen LogP contribution in [0.15, 0.2) is 34.9 Å². The number of phenols is 1. The number of nitrogen functional groups attached to an aromatic ring is 1. The van der Waals surface area contributed by atoms with E-state index in [4.69, 9.17) is 5.73 Å². The summed E-state index contributed by atoms with van der Waals surface area (Å²) in [4.78, 5) is 3.72. The molecule has 0 bridgehead atoms. The third-order valence-corrected chi connectivity index (χ3v) is 3.14. The van der Waals surface area contributed by atoms with Crippen LogP contribution in [-0.4, -0.2) is 10.1 Å². The summed E-state index contributed by atoms with van der Waals surface area (Å²) in [7, 11) is 0.